The summed E-state index contributed by atoms with van der Waals surface area (Å²) in [5, 5.41) is 10.2. The highest BCUT2D eigenvalue weighted by atomic mass is 15.0. The topological polar surface area (TPSA) is 30.6 Å². The number of aromatic amines is 1. The van der Waals surface area contributed by atoms with E-state index in [-0.39, 0.29) is 10.8 Å². The predicted octanol–water partition coefficient (Wildman–Crippen LogP) is 23.9. The SMILES string of the molecule is CC1(C)c2ccccc2-c2cc3c(cc21)[nH]c1ccc(-c2ccc4c(c2)c2ccccc2n4-c2ccccc2)cc13.CC1(C)c2ccccc2-c2cc3c4cc(-c5ccc6c(c5)c5ccccc5n6-c5ccccc5)ccc4n(-c4cccc(-c5ccccc5)c4)c3cc21. The van der Waals surface area contributed by atoms with Crippen LogP contribution in [0, 0.1) is 0 Å². The van der Waals surface area contributed by atoms with E-state index in [1.54, 1.807) is 0 Å². The van der Waals surface area contributed by atoms with Crippen molar-refractivity contribution in [1.29, 1.82) is 0 Å². The molecule has 0 saturated carbocycles. The molecule has 94 heavy (non-hydrogen) atoms. The van der Waals surface area contributed by atoms with Crippen LogP contribution in [0.4, 0.5) is 0 Å². The maximum Gasteiger partial charge on any atom is 0.0544 e. The van der Waals surface area contributed by atoms with Gasteiger partial charge in [-0.25, -0.2) is 0 Å². The van der Waals surface area contributed by atoms with Crippen molar-refractivity contribution in [3.63, 3.8) is 0 Å². The van der Waals surface area contributed by atoms with Gasteiger partial charge in [0.1, 0.15) is 0 Å². The van der Waals surface area contributed by atoms with E-state index in [1.807, 2.05) is 0 Å². The fourth-order valence-corrected chi connectivity index (χ4v) is 16.4. The second kappa shape index (κ2) is 20.4. The molecule has 4 aromatic heterocycles. The summed E-state index contributed by atoms with van der Waals surface area (Å²) < 4.78 is 7.24. The largest absolute Gasteiger partial charge is 0.355 e. The standard InChI is InChI=1S/C51H36N2.C39H28N2/c1-51(2)45-22-11-9-20-39(45)41-31-44-43-30-36(35-24-26-48-42(29-35)40-21-10-12-23-47(40)52(48)37-17-7-4-8-18-37)25-27-49(43)53(50(44)32-46(41)51)38-19-13-16-34(28-38)33-14-5-3-6-15-33;1-39(2)33-14-8-6-12-27(33)29-22-31-30-20-24(16-18-35(30)40-36(31)23-34(29)39)25-17-19-38-32(21-25)28-13-7-9-15-37(28)41(38)26-10-4-3-5-11-26/h3-32H,1-2H3;3-23,40H,1-2H3. The number of rotatable bonds is 6. The highest BCUT2D eigenvalue weighted by Crippen LogP contribution is 2.53. The fraction of sp³-hybridized carbons (Fsp3) is 0.0667. The van der Waals surface area contributed by atoms with Crippen LogP contribution in [-0.2, 0) is 10.8 Å². The molecule has 4 heterocycles. The molecule has 0 spiro atoms. The third kappa shape index (κ3) is 8.06. The Kier molecular flexibility index (Phi) is 11.7. The van der Waals surface area contributed by atoms with Crippen LogP contribution >= 0.6 is 0 Å². The Morgan fingerprint density at radius 2 is 0.585 bits per heavy atom. The van der Waals surface area contributed by atoms with E-state index in [0.29, 0.717) is 0 Å². The lowest BCUT2D eigenvalue weighted by molar-refractivity contribution is 0.661. The summed E-state index contributed by atoms with van der Waals surface area (Å²) in [7, 11) is 0. The first-order valence-corrected chi connectivity index (χ1v) is 32.9. The fourth-order valence-electron chi connectivity index (χ4n) is 16.4. The summed E-state index contributed by atoms with van der Waals surface area (Å²) in [6.07, 6.45) is 0. The Labute approximate surface area is 545 Å². The Morgan fingerprint density at radius 1 is 0.213 bits per heavy atom. The second-order valence-corrected chi connectivity index (χ2v) is 26.9. The molecule has 0 fully saturated rings. The summed E-state index contributed by atoms with van der Waals surface area (Å²) in [5.41, 5.74) is 31.5. The van der Waals surface area contributed by atoms with Crippen molar-refractivity contribution < 1.29 is 0 Å². The first-order chi connectivity index (χ1) is 46.1. The van der Waals surface area contributed by atoms with Gasteiger partial charge >= 0.3 is 0 Å². The molecule has 14 aromatic carbocycles. The Hall–Kier alpha value is -11.7. The third-order valence-electron chi connectivity index (χ3n) is 21.0. The second-order valence-electron chi connectivity index (χ2n) is 26.9. The van der Waals surface area contributed by atoms with E-state index in [2.05, 4.69) is 356 Å². The average Bonchev–Trinajstić information content (AvgIpc) is 1.56. The molecule has 18 aromatic rings. The van der Waals surface area contributed by atoms with Crippen molar-refractivity contribution in [2.75, 3.05) is 0 Å². The number of nitrogens with one attached hydrogen (secondary N) is 1. The van der Waals surface area contributed by atoms with Crippen LogP contribution in [-0.4, -0.2) is 18.7 Å². The monoisotopic (exact) mass is 1200 g/mol. The van der Waals surface area contributed by atoms with E-state index < -0.39 is 0 Å². The van der Waals surface area contributed by atoms with Gasteiger partial charge in [-0.05, 0) is 199 Å². The molecule has 0 unspecified atom stereocenters. The Balaban J connectivity index is 0.000000138. The number of nitrogens with zero attached hydrogens (tertiary/aromatic N) is 3. The van der Waals surface area contributed by atoms with Crippen molar-refractivity contribution >= 4 is 87.2 Å². The minimum absolute atomic E-state index is 0.00306. The molecule has 4 heteroatoms. The summed E-state index contributed by atoms with van der Waals surface area (Å²) in [5.74, 6) is 0. The summed E-state index contributed by atoms with van der Waals surface area (Å²) in [6.45, 7) is 9.43. The van der Waals surface area contributed by atoms with Crippen molar-refractivity contribution in [1.82, 2.24) is 18.7 Å². The van der Waals surface area contributed by atoms with Crippen molar-refractivity contribution in [3.8, 4) is 72.7 Å². The van der Waals surface area contributed by atoms with Crippen LogP contribution in [0.5, 0.6) is 0 Å². The number of hydrogen-bond acceptors (Lipinski definition) is 0. The number of aromatic nitrogens is 4. The average molecular weight is 1200 g/mol. The van der Waals surface area contributed by atoms with Crippen molar-refractivity contribution in [3.05, 3.63) is 332 Å². The molecule has 1 N–H and O–H groups in total. The van der Waals surface area contributed by atoms with Crippen LogP contribution in [0.1, 0.15) is 49.9 Å². The zero-order valence-electron chi connectivity index (χ0n) is 52.8. The van der Waals surface area contributed by atoms with E-state index in [4.69, 9.17) is 0 Å². The highest BCUT2D eigenvalue weighted by molar-refractivity contribution is 6.16. The van der Waals surface area contributed by atoms with Gasteiger partial charge in [-0.3, -0.25) is 0 Å². The quantitative estimate of drug-likeness (QED) is 0.172. The zero-order chi connectivity index (χ0) is 62.6. The number of para-hydroxylation sites is 4. The number of fused-ring (bicyclic) bond motifs is 18. The third-order valence-corrected chi connectivity index (χ3v) is 21.0. The van der Waals surface area contributed by atoms with E-state index in [1.165, 1.54) is 182 Å². The number of hydrogen-bond donors (Lipinski definition) is 1. The highest BCUT2D eigenvalue weighted by Gasteiger charge is 2.37. The van der Waals surface area contributed by atoms with Gasteiger partial charge in [-0.1, -0.05) is 216 Å². The molecule has 20 rings (SSSR count). The maximum atomic E-state index is 3.72. The Bertz CT molecular complexity index is 6150. The van der Waals surface area contributed by atoms with Gasteiger partial charge in [0.25, 0.3) is 0 Å². The molecular weight excluding hydrogens is 1140 g/mol. The van der Waals surface area contributed by atoms with Crippen LogP contribution in [0.3, 0.4) is 0 Å². The van der Waals surface area contributed by atoms with E-state index in [9.17, 15) is 0 Å². The molecule has 0 radical (unpaired) electrons. The molecule has 0 bridgehead atoms. The number of H-pyrrole nitrogens is 1. The lowest BCUT2D eigenvalue weighted by atomic mass is 9.82. The van der Waals surface area contributed by atoms with E-state index in [0.717, 1.165) is 0 Å². The summed E-state index contributed by atoms with van der Waals surface area (Å²) in [6, 6.07) is 114. The molecule has 0 amide bonds. The lowest BCUT2D eigenvalue weighted by Crippen LogP contribution is -2.14. The zero-order valence-corrected chi connectivity index (χ0v) is 52.8. The van der Waals surface area contributed by atoms with Crippen molar-refractivity contribution in [2.45, 2.75) is 38.5 Å². The van der Waals surface area contributed by atoms with Gasteiger partial charge in [0.05, 0.1) is 33.1 Å². The minimum atomic E-state index is -0.0905. The maximum absolute atomic E-state index is 3.72. The minimum Gasteiger partial charge on any atom is -0.355 e. The molecule has 4 nitrogen and oxygen atoms in total. The van der Waals surface area contributed by atoms with E-state index >= 15 is 0 Å². The van der Waals surface area contributed by atoms with Crippen LogP contribution < -0.4 is 0 Å². The first-order valence-electron chi connectivity index (χ1n) is 32.9. The molecule has 0 aliphatic heterocycles. The van der Waals surface area contributed by atoms with Crippen LogP contribution in [0.25, 0.3) is 160 Å². The lowest BCUT2D eigenvalue weighted by Gasteiger charge is -2.21. The van der Waals surface area contributed by atoms with Crippen molar-refractivity contribution in [2.24, 2.45) is 0 Å². The van der Waals surface area contributed by atoms with Crippen LogP contribution in [0.2, 0.25) is 0 Å². The van der Waals surface area contributed by atoms with Gasteiger partial charge in [0.15, 0.2) is 0 Å². The van der Waals surface area contributed by atoms with Gasteiger partial charge in [0, 0.05) is 82.0 Å². The van der Waals surface area contributed by atoms with Gasteiger partial charge in [-0.2, -0.15) is 0 Å². The Morgan fingerprint density at radius 3 is 1.14 bits per heavy atom. The predicted molar refractivity (Wildman–Crippen MR) is 397 cm³/mol. The first kappa shape index (κ1) is 54.1. The molecule has 444 valence electrons. The van der Waals surface area contributed by atoms with Gasteiger partial charge < -0.3 is 18.7 Å². The molecule has 0 saturated heterocycles. The van der Waals surface area contributed by atoms with Gasteiger partial charge in [0.2, 0.25) is 0 Å². The molecule has 0 atom stereocenters. The molecule has 2 aliphatic rings. The smallest absolute Gasteiger partial charge is 0.0544 e. The summed E-state index contributed by atoms with van der Waals surface area (Å²) in [4.78, 5) is 3.72. The normalized spacial score (nSPS) is 13.5. The molecule has 2 aliphatic carbocycles. The summed E-state index contributed by atoms with van der Waals surface area (Å²) >= 11 is 0. The number of benzene rings is 14. The van der Waals surface area contributed by atoms with Gasteiger partial charge in [-0.15, -0.1) is 0 Å². The molecular formula is C90H64N4. The van der Waals surface area contributed by atoms with Crippen LogP contribution in [0.15, 0.2) is 309 Å².